The van der Waals surface area contributed by atoms with Crippen LogP contribution in [0.25, 0.3) is 10.9 Å². The Hall–Kier alpha value is -1.64. The van der Waals surface area contributed by atoms with Gasteiger partial charge in [0.05, 0.1) is 0 Å². The van der Waals surface area contributed by atoms with Crippen LogP contribution in [0.5, 0.6) is 0 Å². The number of unbranched alkanes of at least 4 members (excludes halogenated alkanes) is 1. The highest BCUT2D eigenvalue weighted by molar-refractivity contribution is 5.85. The van der Waals surface area contributed by atoms with Crippen molar-refractivity contribution in [3.05, 3.63) is 35.8 Å². The normalized spacial score (nSPS) is 14.3. The third kappa shape index (κ3) is 2.87. The fraction of sp³-hybridized carbons (Fsp3) is 0.500. The van der Waals surface area contributed by atoms with Gasteiger partial charge in [-0.05, 0) is 36.6 Å². The monoisotopic (exact) mass is 289 g/mol. The van der Waals surface area contributed by atoms with E-state index in [2.05, 4.69) is 20.0 Å². The van der Waals surface area contributed by atoms with E-state index in [0.29, 0.717) is 6.42 Å². The first-order valence-corrected chi connectivity index (χ1v) is 7.76. The number of aldehydes is 1. The number of nitrogens with zero attached hydrogens (tertiary/aromatic N) is 1. The molecule has 3 heteroatoms. The summed E-state index contributed by atoms with van der Waals surface area (Å²) in [5.41, 5.74) is 1.96. The maximum absolute atomic E-state index is 13.7. The molecule has 0 saturated heterocycles. The predicted molar refractivity (Wildman–Crippen MR) is 85.1 cm³/mol. The minimum atomic E-state index is -0.221. The van der Waals surface area contributed by atoms with E-state index in [1.165, 1.54) is 6.07 Å². The Kier molecular flexibility index (Phi) is 4.81. The number of carbonyl (C=O) groups excluding carboxylic acids is 1. The van der Waals surface area contributed by atoms with Crippen molar-refractivity contribution < 1.29 is 9.18 Å². The standard InChI is InChI=1S/C18H24FNO/c1-4-6-9-18(5-2,10-11-21)16-13-20(3)17-8-7-14(19)12-15(16)17/h7-8,11-13H,4-6,9-10H2,1-3H3/t18-/m0/s1. The highest BCUT2D eigenvalue weighted by Gasteiger charge is 2.32. The van der Waals surface area contributed by atoms with E-state index >= 15 is 0 Å². The van der Waals surface area contributed by atoms with Crippen LogP contribution >= 0.6 is 0 Å². The number of carbonyl (C=O) groups is 1. The molecule has 0 amide bonds. The molecular weight excluding hydrogens is 265 g/mol. The molecule has 2 nitrogen and oxygen atoms in total. The van der Waals surface area contributed by atoms with Crippen LogP contribution < -0.4 is 0 Å². The minimum absolute atomic E-state index is 0.176. The van der Waals surface area contributed by atoms with E-state index in [1.807, 2.05) is 17.7 Å². The van der Waals surface area contributed by atoms with Crippen molar-refractivity contribution in [1.82, 2.24) is 4.57 Å². The second-order valence-electron chi connectivity index (χ2n) is 5.92. The number of rotatable bonds is 7. The lowest BCUT2D eigenvalue weighted by Gasteiger charge is -2.31. The van der Waals surface area contributed by atoms with Crippen LogP contribution in [0.4, 0.5) is 4.39 Å². The molecule has 114 valence electrons. The van der Waals surface area contributed by atoms with Gasteiger partial charge < -0.3 is 9.36 Å². The van der Waals surface area contributed by atoms with Gasteiger partial charge >= 0.3 is 0 Å². The number of halogens is 1. The molecule has 0 unspecified atom stereocenters. The first-order chi connectivity index (χ1) is 10.1. The van der Waals surface area contributed by atoms with E-state index in [4.69, 9.17) is 0 Å². The fourth-order valence-electron chi connectivity index (χ4n) is 3.32. The predicted octanol–water partition coefficient (Wildman–Crippen LogP) is 4.74. The molecule has 0 spiro atoms. The molecular formula is C18H24FNO. The van der Waals surface area contributed by atoms with E-state index in [1.54, 1.807) is 6.07 Å². The molecule has 0 fully saturated rings. The summed E-state index contributed by atoms with van der Waals surface area (Å²) < 4.78 is 15.7. The summed E-state index contributed by atoms with van der Waals surface area (Å²) in [4.78, 5) is 11.2. The fourth-order valence-corrected chi connectivity index (χ4v) is 3.32. The van der Waals surface area contributed by atoms with Crippen molar-refractivity contribution in [3.8, 4) is 0 Å². The number of aryl methyl sites for hydroxylation is 1. The zero-order chi connectivity index (χ0) is 15.5. The minimum Gasteiger partial charge on any atom is -0.350 e. The van der Waals surface area contributed by atoms with Crippen molar-refractivity contribution in [1.29, 1.82) is 0 Å². The molecule has 0 aliphatic carbocycles. The Morgan fingerprint density at radius 2 is 2.10 bits per heavy atom. The van der Waals surface area contributed by atoms with Gasteiger partial charge in [0.2, 0.25) is 0 Å². The van der Waals surface area contributed by atoms with Crippen molar-refractivity contribution in [2.24, 2.45) is 7.05 Å². The summed E-state index contributed by atoms with van der Waals surface area (Å²) in [7, 11) is 1.98. The second-order valence-corrected chi connectivity index (χ2v) is 5.92. The lowest BCUT2D eigenvalue weighted by Crippen LogP contribution is -2.26. The van der Waals surface area contributed by atoms with Gasteiger partial charge in [0.1, 0.15) is 12.1 Å². The third-order valence-electron chi connectivity index (χ3n) is 4.68. The lowest BCUT2D eigenvalue weighted by molar-refractivity contribution is -0.109. The van der Waals surface area contributed by atoms with Crippen molar-refractivity contribution in [3.63, 3.8) is 0 Å². The van der Waals surface area contributed by atoms with Crippen LogP contribution in [0, 0.1) is 5.82 Å². The average Bonchev–Trinajstić information content (AvgIpc) is 2.80. The number of fused-ring (bicyclic) bond motifs is 1. The van der Waals surface area contributed by atoms with Crippen LogP contribution in [0.3, 0.4) is 0 Å². The van der Waals surface area contributed by atoms with Crippen LogP contribution in [0.1, 0.15) is 51.5 Å². The SMILES string of the molecule is CCCC[C@@](CC)(CC=O)c1cn(C)c2ccc(F)cc12. The lowest BCUT2D eigenvalue weighted by atomic mass is 9.72. The molecule has 0 saturated carbocycles. The number of hydrogen-bond acceptors (Lipinski definition) is 1. The summed E-state index contributed by atoms with van der Waals surface area (Å²) in [6.07, 6.45) is 7.62. The molecule has 0 N–H and O–H groups in total. The van der Waals surface area contributed by atoms with Crippen molar-refractivity contribution in [2.45, 2.75) is 51.4 Å². The summed E-state index contributed by atoms with van der Waals surface area (Å²) in [5.74, 6) is -0.221. The van der Waals surface area contributed by atoms with Gasteiger partial charge in [0.25, 0.3) is 0 Å². The van der Waals surface area contributed by atoms with E-state index in [9.17, 15) is 9.18 Å². The van der Waals surface area contributed by atoms with Gasteiger partial charge in [-0.25, -0.2) is 4.39 Å². The molecule has 1 atom stereocenters. The molecule has 1 heterocycles. The summed E-state index contributed by atoms with van der Waals surface area (Å²) in [6, 6.07) is 4.91. The zero-order valence-electron chi connectivity index (χ0n) is 13.2. The highest BCUT2D eigenvalue weighted by atomic mass is 19.1. The molecule has 0 radical (unpaired) electrons. The van der Waals surface area contributed by atoms with Gasteiger partial charge in [0, 0.05) is 36.0 Å². The first-order valence-electron chi connectivity index (χ1n) is 7.76. The topological polar surface area (TPSA) is 22.0 Å². The maximum atomic E-state index is 13.7. The van der Waals surface area contributed by atoms with Crippen LogP contribution in [-0.2, 0) is 17.3 Å². The second kappa shape index (κ2) is 6.42. The van der Waals surface area contributed by atoms with Crippen LogP contribution in [-0.4, -0.2) is 10.9 Å². The Bertz CT molecular complexity index is 631. The smallest absolute Gasteiger partial charge is 0.123 e. The maximum Gasteiger partial charge on any atom is 0.123 e. The number of benzene rings is 1. The molecule has 2 rings (SSSR count). The zero-order valence-corrected chi connectivity index (χ0v) is 13.2. The number of hydrogen-bond donors (Lipinski definition) is 0. The largest absolute Gasteiger partial charge is 0.350 e. The molecule has 1 aromatic heterocycles. The van der Waals surface area contributed by atoms with E-state index in [0.717, 1.165) is 48.4 Å². The molecule has 0 aliphatic heterocycles. The highest BCUT2D eigenvalue weighted by Crippen LogP contribution is 2.41. The average molecular weight is 289 g/mol. The molecule has 1 aromatic carbocycles. The van der Waals surface area contributed by atoms with Gasteiger partial charge in [-0.15, -0.1) is 0 Å². The molecule has 0 bridgehead atoms. The summed E-state index contributed by atoms with van der Waals surface area (Å²) >= 11 is 0. The van der Waals surface area contributed by atoms with Crippen molar-refractivity contribution >= 4 is 17.2 Å². The van der Waals surface area contributed by atoms with Crippen LogP contribution in [0.2, 0.25) is 0 Å². The summed E-state index contributed by atoms with van der Waals surface area (Å²) in [5, 5.41) is 0.942. The Balaban J connectivity index is 2.63. The van der Waals surface area contributed by atoms with Gasteiger partial charge in [-0.1, -0.05) is 26.7 Å². The van der Waals surface area contributed by atoms with Crippen LogP contribution in [0.15, 0.2) is 24.4 Å². The van der Waals surface area contributed by atoms with Gasteiger partial charge in [0.15, 0.2) is 0 Å². The molecule has 21 heavy (non-hydrogen) atoms. The first kappa shape index (κ1) is 15.7. The van der Waals surface area contributed by atoms with Gasteiger partial charge in [-0.2, -0.15) is 0 Å². The molecule has 0 aliphatic rings. The van der Waals surface area contributed by atoms with Gasteiger partial charge in [-0.3, -0.25) is 0 Å². The van der Waals surface area contributed by atoms with E-state index < -0.39 is 0 Å². The quantitative estimate of drug-likeness (QED) is 0.674. The third-order valence-corrected chi connectivity index (χ3v) is 4.68. The van der Waals surface area contributed by atoms with E-state index in [-0.39, 0.29) is 11.2 Å². The Morgan fingerprint density at radius 3 is 2.71 bits per heavy atom. The Morgan fingerprint density at radius 1 is 1.33 bits per heavy atom. The summed E-state index contributed by atoms with van der Waals surface area (Å²) in [6.45, 7) is 4.28. The number of aromatic nitrogens is 1. The van der Waals surface area contributed by atoms with Crippen molar-refractivity contribution in [2.75, 3.05) is 0 Å². The Labute approximate surface area is 126 Å². The molecule has 2 aromatic rings.